The minimum absolute atomic E-state index is 0.208. The van der Waals surface area contributed by atoms with Gasteiger partial charge in [0.25, 0.3) is 5.91 Å². The number of aliphatic hydroxyl groups is 1. The van der Waals surface area contributed by atoms with E-state index in [1.807, 2.05) is 24.3 Å². The molecule has 1 heterocycles. The number of anilines is 1. The van der Waals surface area contributed by atoms with Gasteiger partial charge in [-0.25, -0.2) is 4.98 Å². The molecule has 0 radical (unpaired) electrons. The van der Waals surface area contributed by atoms with E-state index in [0.717, 1.165) is 28.8 Å². The monoisotopic (exact) mass is 305 g/mol. The number of aromatic nitrogens is 1. The Morgan fingerprint density at radius 1 is 1.33 bits per heavy atom. The van der Waals surface area contributed by atoms with Crippen molar-refractivity contribution in [3.05, 3.63) is 36.0 Å². The fourth-order valence-electron chi connectivity index (χ4n) is 1.91. The lowest BCUT2D eigenvalue weighted by Crippen LogP contribution is -2.26. The van der Waals surface area contributed by atoms with Crippen LogP contribution in [0.5, 0.6) is 0 Å². The predicted octanol–water partition coefficient (Wildman–Crippen LogP) is 1.66. The van der Waals surface area contributed by atoms with Crippen LogP contribution >= 0.6 is 11.8 Å². The van der Waals surface area contributed by atoms with Gasteiger partial charge >= 0.3 is 0 Å². The first-order chi connectivity index (χ1) is 10.2. The van der Waals surface area contributed by atoms with E-state index in [0.29, 0.717) is 17.9 Å². The van der Waals surface area contributed by atoms with Crippen molar-refractivity contribution in [2.24, 2.45) is 0 Å². The highest BCUT2D eigenvalue weighted by molar-refractivity contribution is 7.99. The van der Waals surface area contributed by atoms with Crippen molar-refractivity contribution in [2.75, 3.05) is 30.4 Å². The molecule has 0 fully saturated rings. The molecule has 112 valence electrons. The molecular formula is C15H19N3O2S. The molecule has 6 heteroatoms. The number of pyridine rings is 1. The van der Waals surface area contributed by atoms with Gasteiger partial charge in [-0.15, -0.1) is 0 Å². The number of nitrogen functional groups attached to an aromatic ring is 1. The van der Waals surface area contributed by atoms with Gasteiger partial charge in [-0.05, 0) is 24.3 Å². The number of amides is 1. The third kappa shape index (κ3) is 4.34. The quantitative estimate of drug-likeness (QED) is 0.677. The number of fused-ring (bicyclic) bond motifs is 1. The van der Waals surface area contributed by atoms with Crippen molar-refractivity contribution in [1.29, 1.82) is 0 Å². The van der Waals surface area contributed by atoms with Gasteiger partial charge in [0, 0.05) is 30.0 Å². The molecule has 0 bridgehead atoms. The second-order valence-corrected chi connectivity index (χ2v) is 5.78. The number of nitrogens with one attached hydrogen (secondary N) is 1. The van der Waals surface area contributed by atoms with Crippen LogP contribution in [0.25, 0.3) is 10.9 Å². The number of nitrogens with two attached hydrogens (primary N) is 1. The van der Waals surface area contributed by atoms with Crippen LogP contribution in [0, 0.1) is 0 Å². The molecule has 0 aliphatic heterocycles. The molecular weight excluding hydrogens is 286 g/mol. The van der Waals surface area contributed by atoms with Gasteiger partial charge in [-0.3, -0.25) is 4.79 Å². The van der Waals surface area contributed by atoms with Gasteiger partial charge in [-0.2, -0.15) is 11.8 Å². The van der Waals surface area contributed by atoms with Crippen molar-refractivity contribution in [1.82, 2.24) is 10.3 Å². The van der Waals surface area contributed by atoms with Gasteiger partial charge in [0.05, 0.1) is 5.52 Å². The van der Waals surface area contributed by atoms with Crippen LogP contribution in [0.1, 0.15) is 16.9 Å². The van der Waals surface area contributed by atoms with E-state index in [9.17, 15) is 4.79 Å². The van der Waals surface area contributed by atoms with E-state index in [4.69, 9.17) is 10.8 Å². The van der Waals surface area contributed by atoms with Crippen LogP contribution in [-0.4, -0.2) is 40.7 Å². The summed E-state index contributed by atoms with van der Waals surface area (Å²) in [7, 11) is 0. The topological polar surface area (TPSA) is 88.2 Å². The zero-order valence-electron chi connectivity index (χ0n) is 11.7. The first kappa shape index (κ1) is 15.6. The molecule has 5 nitrogen and oxygen atoms in total. The number of rotatable bonds is 7. The zero-order valence-corrected chi connectivity index (χ0v) is 12.5. The van der Waals surface area contributed by atoms with E-state index in [1.54, 1.807) is 17.8 Å². The highest BCUT2D eigenvalue weighted by atomic mass is 32.2. The van der Waals surface area contributed by atoms with Gasteiger partial charge in [0.15, 0.2) is 0 Å². The smallest absolute Gasteiger partial charge is 0.270 e. The maximum absolute atomic E-state index is 12.1. The molecule has 4 N–H and O–H groups in total. The average molecular weight is 305 g/mol. The van der Waals surface area contributed by atoms with Crippen molar-refractivity contribution in [2.45, 2.75) is 6.42 Å². The fourth-order valence-corrected chi connectivity index (χ4v) is 2.70. The molecule has 2 rings (SSSR count). The van der Waals surface area contributed by atoms with Gasteiger partial charge < -0.3 is 16.2 Å². The number of hydrogen-bond acceptors (Lipinski definition) is 5. The fraction of sp³-hybridized carbons (Fsp3) is 0.333. The Morgan fingerprint density at radius 2 is 2.14 bits per heavy atom. The number of carbonyl (C=O) groups is 1. The molecule has 0 saturated carbocycles. The summed E-state index contributed by atoms with van der Waals surface area (Å²) in [6.07, 6.45) is 0.779. The van der Waals surface area contributed by atoms with Crippen molar-refractivity contribution >= 4 is 34.3 Å². The Hall–Kier alpha value is -1.79. The average Bonchev–Trinajstić information content (AvgIpc) is 2.50. The Labute approximate surface area is 127 Å². The second-order valence-electron chi connectivity index (χ2n) is 4.56. The second kappa shape index (κ2) is 7.85. The number of thioether (sulfide) groups is 1. The highest BCUT2D eigenvalue weighted by Gasteiger charge is 2.10. The number of benzene rings is 1. The Balaban J connectivity index is 1.93. The summed E-state index contributed by atoms with van der Waals surface area (Å²) in [5.74, 6) is 1.50. The molecule has 1 amide bonds. The minimum Gasteiger partial charge on any atom is -0.398 e. The molecule has 21 heavy (non-hydrogen) atoms. The number of carbonyl (C=O) groups excluding carboxylic acids is 1. The summed E-state index contributed by atoms with van der Waals surface area (Å²) in [6.45, 7) is 0.781. The van der Waals surface area contributed by atoms with E-state index >= 15 is 0 Å². The van der Waals surface area contributed by atoms with Crippen LogP contribution in [0.4, 0.5) is 5.69 Å². The Kier molecular flexibility index (Phi) is 5.83. The molecule has 0 aliphatic rings. The normalized spacial score (nSPS) is 10.7. The lowest BCUT2D eigenvalue weighted by atomic mass is 10.1. The summed E-state index contributed by atoms with van der Waals surface area (Å²) in [5.41, 5.74) is 7.58. The summed E-state index contributed by atoms with van der Waals surface area (Å²) in [6, 6.07) is 9.10. The highest BCUT2D eigenvalue weighted by Crippen LogP contribution is 2.19. The van der Waals surface area contributed by atoms with E-state index in [-0.39, 0.29) is 12.5 Å². The minimum atomic E-state index is -0.213. The van der Waals surface area contributed by atoms with E-state index < -0.39 is 0 Å². The zero-order chi connectivity index (χ0) is 15.1. The third-order valence-corrected chi connectivity index (χ3v) is 4.03. The number of para-hydroxylation sites is 1. The summed E-state index contributed by atoms with van der Waals surface area (Å²) >= 11 is 1.70. The molecule has 0 unspecified atom stereocenters. The van der Waals surface area contributed by atoms with E-state index in [2.05, 4.69) is 10.3 Å². The predicted molar refractivity (Wildman–Crippen MR) is 87.5 cm³/mol. The van der Waals surface area contributed by atoms with E-state index in [1.165, 1.54) is 0 Å². The van der Waals surface area contributed by atoms with Gasteiger partial charge in [-0.1, -0.05) is 18.2 Å². The SMILES string of the molecule is Nc1cc(C(=O)NCCSCCCO)nc2ccccc12. The largest absolute Gasteiger partial charge is 0.398 e. The van der Waals surface area contributed by atoms with Gasteiger partial charge in [0.1, 0.15) is 5.69 Å². The molecule has 0 saturated heterocycles. The Bertz CT molecular complexity index is 619. The van der Waals surface area contributed by atoms with Crippen LogP contribution < -0.4 is 11.1 Å². The third-order valence-electron chi connectivity index (χ3n) is 2.96. The maximum Gasteiger partial charge on any atom is 0.270 e. The van der Waals surface area contributed by atoms with Crippen molar-refractivity contribution in [3.8, 4) is 0 Å². The van der Waals surface area contributed by atoms with Crippen molar-refractivity contribution < 1.29 is 9.90 Å². The number of hydrogen-bond donors (Lipinski definition) is 3. The van der Waals surface area contributed by atoms with Crippen LogP contribution in [0.2, 0.25) is 0 Å². The summed E-state index contributed by atoms with van der Waals surface area (Å²) < 4.78 is 0. The number of nitrogens with zero attached hydrogens (tertiary/aromatic N) is 1. The van der Waals surface area contributed by atoms with Crippen molar-refractivity contribution in [3.63, 3.8) is 0 Å². The van der Waals surface area contributed by atoms with Gasteiger partial charge in [0.2, 0.25) is 0 Å². The molecule has 2 aromatic rings. The number of aliphatic hydroxyl groups excluding tert-OH is 1. The molecule has 0 aliphatic carbocycles. The standard InChI is InChI=1S/C15H19N3O2S/c16-12-10-14(18-13-5-2-1-4-11(12)13)15(20)17-6-9-21-8-3-7-19/h1-2,4-5,10,19H,3,6-9H2,(H2,16,18)(H,17,20). The molecule has 0 atom stereocenters. The molecule has 1 aromatic heterocycles. The first-order valence-electron chi connectivity index (χ1n) is 6.84. The van der Waals surface area contributed by atoms with Crippen LogP contribution in [0.15, 0.2) is 30.3 Å². The Morgan fingerprint density at radius 3 is 2.95 bits per heavy atom. The summed E-state index contributed by atoms with van der Waals surface area (Å²) in [5, 5.41) is 12.4. The first-order valence-corrected chi connectivity index (χ1v) is 8.00. The lowest BCUT2D eigenvalue weighted by Gasteiger charge is -2.07. The van der Waals surface area contributed by atoms with Crippen LogP contribution in [0.3, 0.4) is 0 Å². The van der Waals surface area contributed by atoms with Crippen LogP contribution in [-0.2, 0) is 0 Å². The molecule has 0 spiro atoms. The maximum atomic E-state index is 12.1. The molecule has 1 aromatic carbocycles. The summed E-state index contributed by atoms with van der Waals surface area (Å²) in [4.78, 5) is 16.4. The lowest BCUT2D eigenvalue weighted by molar-refractivity contribution is 0.0951.